The van der Waals surface area contributed by atoms with Crippen molar-refractivity contribution in [2.75, 3.05) is 0 Å². The Morgan fingerprint density at radius 3 is 1.48 bits per heavy atom. The van der Waals surface area contributed by atoms with Crippen LogP contribution in [0.1, 0.15) is 15.9 Å². The summed E-state index contributed by atoms with van der Waals surface area (Å²) in [5, 5.41) is 0. The van der Waals surface area contributed by atoms with E-state index in [4.69, 9.17) is 0 Å². The van der Waals surface area contributed by atoms with Crippen LogP contribution in [0.3, 0.4) is 0 Å². The Balaban J connectivity index is 2.51. The van der Waals surface area contributed by atoms with Gasteiger partial charge in [-0.25, -0.2) is 4.39 Å². The number of benzene rings is 1. The van der Waals surface area contributed by atoms with Gasteiger partial charge in [0, 0.05) is 10.3 Å². The van der Waals surface area contributed by atoms with E-state index in [1.807, 2.05) is 0 Å². The topological polar surface area (TPSA) is 0 Å². The van der Waals surface area contributed by atoms with Crippen LogP contribution in [-0.2, 0) is 0 Å². The first kappa shape index (κ1) is 18.7. The summed E-state index contributed by atoms with van der Waals surface area (Å²) in [6.45, 7) is 0. The fourth-order valence-electron chi connectivity index (χ4n) is 2.37. The summed E-state index contributed by atoms with van der Waals surface area (Å²) in [4.78, 5) is 0. The molecule has 0 nitrogen and oxygen atoms in total. The molecule has 1 aliphatic rings. The van der Waals surface area contributed by atoms with Gasteiger partial charge in [0.05, 0.1) is 0 Å². The molecule has 1 aromatic carbocycles. The lowest BCUT2D eigenvalue weighted by Gasteiger charge is -2.32. The molecule has 0 spiro atoms. The molecule has 130 valence electrons. The van der Waals surface area contributed by atoms with Gasteiger partial charge in [0.2, 0.25) is 0 Å². The number of alkyl halides is 10. The molecule has 0 aromatic heterocycles. The molecule has 1 aromatic rings. The molecular weight excluding hydrogens is 454 g/mol. The highest BCUT2D eigenvalue weighted by Gasteiger charge is 3.00. The molecule has 1 saturated carbocycles. The second-order valence-electron chi connectivity index (χ2n) is 5.18. The quantitative estimate of drug-likeness (QED) is 0.302. The van der Waals surface area contributed by atoms with Gasteiger partial charge >= 0.3 is 23.7 Å². The van der Waals surface area contributed by atoms with E-state index in [1.54, 1.807) is 0 Å². The summed E-state index contributed by atoms with van der Waals surface area (Å²) in [5.74, 6) is -25.5. The lowest BCUT2D eigenvalue weighted by atomic mass is 9.89. The zero-order valence-corrected chi connectivity index (χ0v) is 13.1. The van der Waals surface area contributed by atoms with Crippen molar-refractivity contribution in [2.45, 2.75) is 39.7 Å². The van der Waals surface area contributed by atoms with Gasteiger partial charge in [-0.1, -0.05) is 52.9 Å². The molecule has 2 rings (SSSR count). The standard InChI is InChI=1S/C13H8F9I/c14-9(6-8(23)7-4-2-1-3-5-7)10(15,16)12(19,20)13(21,22)11(9,17)18/h1-5,8H,6H2. The van der Waals surface area contributed by atoms with Gasteiger partial charge < -0.3 is 0 Å². The Kier molecular flexibility index (Phi) is 4.18. The Morgan fingerprint density at radius 1 is 0.696 bits per heavy atom. The molecular formula is C13H8F9I. The molecule has 0 bridgehead atoms. The lowest BCUT2D eigenvalue weighted by molar-refractivity contribution is -0.303. The summed E-state index contributed by atoms with van der Waals surface area (Å²) in [6.07, 6.45) is -1.90. The SMILES string of the molecule is FC1(F)C(F)(F)C(F)(F)C(F)(CC(I)c2ccccc2)C1(F)F. The number of halogens is 10. The molecule has 0 radical (unpaired) electrons. The van der Waals surface area contributed by atoms with Gasteiger partial charge in [-0.2, -0.15) is 35.1 Å². The van der Waals surface area contributed by atoms with Crippen molar-refractivity contribution in [3.63, 3.8) is 0 Å². The lowest BCUT2D eigenvalue weighted by Crippen LogP contribution is -2.55. The summed E-state index contributed by atoms with van der Waals surface area (Å²) in [6, 6.07) is 6.74. The zero-order chi connectivity index (χ0) is 17.9. The minimum atomic E-state index is -6.51. The van der Waals surface area contributed by atoms with Crippen LogP contribution >= 0.6 is 22.6 Å². The van der Waals surface area contributed by atoms with Gasteiger partial charge in [0.25, 0.3) is 5.67 Å². The normalized spacial score (nSPS) is 27.6. The smallest absolute Gasteiger partial charge is 0.230 e. The molecule has 1 aliphatic carbocycles. The van der Waals surface area contributed by atoms with E-state index < -0.39 is 39.7 Å². The Bertz CT molecular complexity index is 558. The molecule has 23 heavy (non-hydrogen) atoms. The fourth-order valence-corrected chi connectivity index (χ4v) is 3.39. The first-order valence-corrected chi connectivity index (χ1v) is 7.38. The predicted molar refractivity (Wildman–Crippen MR) is 71.4 cm³/mol. The third-order valence-corrected chi connectivity index (χ3v) is 4.96. The highest BCUT2D eigenvalue weighted by molar-refractivity contribution is 14.1. The minimum absolute atomic E-state index is 0.0651. The summed E-state index contributed by atoms with van der Waals surface area (Å²) in [5.41, 5.74) is -5.33. The van der Waals surface area contributed by atoms with E-state index in [2.05, 4.69) is 0 Å². The van der Waals surface area contributed by atoms with Crippen LogP contribution in [0.15, 0.2) is 30.3 Å². The maximum Gasteiger partial charge on any atom is 0.381 e. The molecule has 1 fully saturated rings. The van der Waals surface area contributed by atoms with Crippen LogP contribution in [0.4, 0.5) is 39.5 Å². The molecule has 10 heteroatoms. The Morgan fingerprint density at radius 2 is 1.09 bits per heavy atom. The van der Waals surface area contributed by atoms with Crippen LogP contribution in [0.2, 0.25) is 0 Å². The largest absolute Gasteiger partial charge is 0.381 e. The van der Waals surface area contributed by atoms with E-state index in [0.29, 0.717) is 0 Å². The van der Waals surface area contributed by atoms with E-state index in [9.17, 15) is 39.5 Å². The van der Waals surface area contributed by atoms with Gasteiger partial charge in [-0.05, 0) is 5.56 Å². The molecule has 0 amide bonds. The van der Waals surface area contributed by atoms with Crippen molar-refractivity contribution in [2.24, 2.45) is 0 Å². The Labute approximate surface area is 138 Å². The third-order valence-electron chi connectivity index (χ3n) is 3.80. The van der Waals surface area contributed by atoms with E-state index in [0.717, 1.165) is 0 Å². The van der Waals surface area contributed by atoms with Crippen LogP contribution < -0.4 is 0 Å². The van der Waals surface area contributed by atoms with Crippen molar-refractivity contribution in [3.8, 4) is 0 Å². The van der Waals surface area contributed by atoms with Gasteiger partial charge in [-0.3, -0.25) is 0 Å². The average Bonchev–Trinajstić information content (AvgIpc) is 2.50. The minimum Gasteiger partial charge on any atom is -0.230 e. The summed E-state index contributed by atoms with van der Waals surface area (Å²) in [7, 11) is 0. The van der Waals surface area contributed by atoms with Crippen molar-refractivity contribution in [1.82, 2.24) is 0 Å². The molecule has 0 saturated heterocycles. The number of hydrogen-bond acceptors (Lipinski definition) is 0. The number of rotatable bonds is 3. The Hall–Kier alpha value is -0.680. The van der Waals surface area contributed by atoms with E-state index in [-0.39, 0.29) is 5.56 Å². The molecule has 0 aliphatic heterocycles. The highest BCUT2D eigenvalue weighted by Crippen LogP contribution is 2.70. The molecule has 0 heterocycles. The summed E-state index contributed by atoms with van der Waals surface area (Å²) < 4.78 is 120. The third kappa shape index (κ3) is 2.12. The van der Waals surface area contributed by atoms with Crippen LogP contribution in [0.5, 0.6) is 0 Å². The monoisotopic (exact) mass is 462 g/mol. The number of hydrogen-bond donors (Lipinski definition) is 0. The fraction of sp³-hybridized carbons (Fsp3) is 0.538. The first-order valence-electron chi connectivity index (χ1n) is 6.13. The van der Waals surface area contributed by atoms with Crippen molar-refractivity contribution in [1.29, 1.82) is 0 Å². The zero-order valence-electron chi connectivity index (χ0n) is 11.0. The average molecular weight is 462 g/mol. The summed E-state index contributed by atoms with van der Waals surface area (Å²) >= 11 is 1.27. The van der Waals surface area contributed by atoms with Crippen molar-refractivity contribution < 1.29 is 39.5 Å². The maximum atomic E-state index is 14.3. The highest BCUT2D eigenvalue weighted by atomic mass is 127. The first-order chi connectivity index (χ1) is 10.2. The molecule has 1 unspecified atom stereocenters. The van der Waals surface area contributed by atoms with E-state index >= 15 is 0 Å². The van der Waals surface area contributed by atoms with Gasteiger partial charge in [0.1, 0.15) is 0 Å². The maximum absolute atomic E-state index is 14.3. The van der Waals surface area contributed by atoms with Crippen LogP contribution in [-0.4, -0.2) is 29.4 Å². The second kappa shape index (κ2) is 5.16. The van der Waals surface area contributed by atoms with E-state index in [1.165, 1.54) is 52.9 Å². The molecule has 0 N–H and O–H groups in total. The van der Waals surface area contributed by atoms with Crippen molar-refractivity contribution >= 4 is 22.6 Å². The molecule has 1 atom stereocenters. The predicted octanol–water partition coefficient (Wildman–Crippen LogP) is 5.82. The van der Waals surface area contributed by atoms with Crippen LogP contribution in [0, 0.1) is 0 Å². The van der Waals surface area contributed by atoms with Crippen LogP contribution in [0.25, 0.3) is 0 Å². The van der Waals surface area contributed by atoms with Gasteiger partial charge in [-0.15, -0.1) is 0 Å². The van der Waals surface area contributed by atoms with Crippen molar-refractivity contribution in [3.05, 3.63) is 35.9 Å². The van der Waals surface area contributed by atoms with Gasteiger partial charge in [0.15, 0.2) is 0 Å². The second-order valence-corrected chi connectivity index (χ2v) is 6.68.